The van der Waals surface area contributed by atoms with Crippen LogP contribution in [-0.2, 0) is 0 Å². The standard InChI is InChI=1S/C12H6Cl2FNO/c13-9-3-8(4-10(14)5-9)11-7(6-17)1-2-16-12(11)15/h1-6H. The number of aromatic nitrogens is 1. The summed E-state index contributed by atoms with van der Waals surface area (Å²) in [7, 11) is 0. The minimum Gasteiger partial charge on any atom is -0.298 e. The van der Waals surface area contributed by atoms with Gasteiger partial charge in [-0.3, -0.25) is 4.79 Å². The fraction of sp³-hybridized carbons (Fsp3) is 0. The molecule has 0 atom stereocenters. The van der Waals surface area contributed by atoms with Crippen LogP contribution in [0.3, 0.4) is 0 Å². The van der Waals surface area contributed by atoms with Crippen LogP contribution in [-0.4, -0.2) is 11.3 Å². The van der Waals surface area contributed by atoms with E-state index in [0.29, 0.717) is 21.9 Å². The third kappa shape index (κ3) is 2.46. The van der Waals surface area contributed by atoms with Crippen LogP contribution in [0.1, 0.15) is 10.4 Å². The molecule has 5 heteroatoms. The van der Waals surface area contributed by atoms with Crippen LogP contribution in [0.25, 0.3) is 11.1 Å². The summed E-state index contributed by atoms with van der Waals surface area (Å²) in [5.74, 6) is -0.729. The van der Waals surface area contributed by atoms with E-state index in [-0.39, 0.29) is 11.1 Å². The van der Waals surface area contributed by atoms with Gasteiger partial charge in [-0.05, 0) is 29.8 Å². The number of aldehydes is 1. The van der Waals surface area contributed by atoms with Crippen LogP contribution in [0, 0.1) is 5.95 Å². The van der Waals surface area contributed by atoms with Gasteiger partial charge in [-0.15, -0.1) is 0 Å². The molecule has 2 rings (SSSR count). The fourth-order valence-corrected chi connectivity index (χ4v) is 2.06. The number of pyridine rings is 1. The lowest BCUT2D eigenvalue weighted by Crippen LogP contribution is -1.95. The number of halogens is 3. The number of rotatable bonds is 2. The van der Waals surface area contributed by atoms with E-state index < -0.39 is 5.95 Å². The molecule has 0 N–H and O–H groups in total. The number of nitrogens with zero attached hydrogens (tertiary/aromatic N) is 1. The average Bonchev–Trinajstić information content (AvgIpc) is 2.27. The molecular formula is C12H6Cl2FNO. The molecule has 0 bridgehead atoms. The van der Waals surface area contributed by atoms with Crippen molar-refractivity contribution >= 4 is 29.5 Å². The van der Waals surface area contributed by atoms with E-state index in [1.165, 1.54) is 30.5 Å². The van der Waals surface area contributed by atoms with Crippen molar-refractivity contribution in [3.05, 3.63) is 52.0 Å². The maximum absolute atomic E-state index is 13.6. The number of benzene rings is 1. The van der Waals surface area contributed by atoms with Crippen molar-refractivity contribution in [2.24, 2.45) is 0 Å². The van der Waals surface area contributed by atoms with Crippen molar-refractivity contribution in [2.45, 2.75) is 0 Å². The van der Waals surface area contributed by atoms with Crippen LogP contribution in [0.4, 0.5) is 4.39 Å². The highest BCUT2D eigenvalue weighted by Crippen LogP contribution is 2.30. The largest absolute Gasteiger partial charge is 0.298 e. The Kier molecular flexibility index (Phi) is 3.41. The van der Waals surface area contributed by atoms with E-state index in [9.17, 15) is 9.18 Å². The van der Waals surface area contributed by atoms with E-state index in [2.05, 4.69) is 4.98 Å². The highest BCUT2D eigenvalue weighted by atomic mass is 35.5. The lowest BCUT2D eigenvalue weighted by Gasteiger charge is -2.06. The third-order valence-corrected chi connectivity index (χ3v) is 2.65. The van der Waals surface area contributed by atoms with Crippen LogP contribution in [0.15, 0.2) is 30.5 Å². The van der Waals surface area contributed by atoms with Crippen molar-refractivity contribution in [3.63, 3.8) is 0 Å². The average molecular weight is 270 g/mol. The molecule has 0 aliphatic rings. The first-order chi connectivity index (χ1) is 8.11. The summed E-state index contributed by atoms with van der Waals surface area (Å²) in [5, 5.41) is 0.736. The molecule has 1 aromatic carbocycles. The highest BCUT2D eigenvalue weighted by molar-refractivity contribution is 6.35. The van der Waals surface area contributed by atoms with Crippen LogP contribution >= 0.6 is 23.2 Å². The van der Waals surface area contributed by atoms with Crippen LogP contribution in [0.5, 0.6) is 0 Å². The molecule has 2 aromatic rings. The first kappa shape index (κ1) is 12.0. The van der Waals surface area contributed by atoms with Crippen molar-refractivity contribution in [3.8, 4) is 11.1 Å². The molecule has 0 saturated heterocycles. The molecule has 0 aliphatic carbocycles. The van der Waals surface area contributed by atoms with Gasteiger partial charge in [0.1, 0.15) is 0 Å². The minimum absolute atomic E-state index is 0.104. The smallest absolute Gasteiger partial charge is 0.221 e. The molecule has 0 radical (unpaired) electrons. The van der Waals surface area contributed by atoms with Gasteiger partial charge in [0.05, 0.1) is 0 Å². The molecule has 86 valence electrons. The molecule has 0 unspecified atom stereocenters. The maximum Gasteiger partial charge on any atom is 0.221 e. The Bertz CT molecular complexity index is 566. The van der Waals surface area contributed by atoms with Gasteiger partial charge in [0.2, 0.25) is 5.95 Å². The zero-order chi connectivity index (χ0) is 12.4. The van der Waals surface area contributed by atoms with E-state index in [1.807, 2.05) is 0 Å². The van der Waals surface area contributed by atoms with Gasteiger partial charge in [0.15, 0.2) is 6.29 Å². The first-order valence-corrected chi connectivity index (χ1v) is 5.43. The van der Waals surface area contributed by atoms with E-state index >= 15 is 0 Å². The van der Waals surface area contributed by atoms with Gasteiger partial charge in [0.25, 0.3) is 0 Å². The third-order valence-electron chi connectivity index (χ3n) is 2.22. The molecule has 0 fully saturated rings. The second-order valence-electron chi connectivity index (χ2n) is 3.34. The molecule has 17 heavy (non-hydrogen) atoms. The Hall–Kier alpha value is -1.45. The summed E-state index contributed by atoms with van der Waals surface area (Å²) in [4.78, 5) is 14.4. The summed E-state index contributed by atoms with van der Waals surface area (Å²) < 4.78 is 13.6. The molecule has 0 aliphatic heterocycles. The van der Waals surface area contributed by atoms with E-state index in [4.69, 9.17) is 23.2 Å². The van der Waals surface area contributed by atoms with Crippen LogP contribution in [0.2, 0.25) is 10.0 Å². The van der Waals surface area contributed by atoms with Crippen LogP contribution < -0.4 is 0 Å². The van der Waals surface area contributed by atoms with Crippen molar-refractivity contribution in [1.82, 2.24) is 4.98 Å². The quantitative estimate of drug-likeness (QED) is 0.609. The number of carbonyl (C=O) groups is 1. The Morgan fingerprint density at radius 3 is 2.41 bits per heavy atom. The van der Waals surface area contributed by atoms with E-state index in [0.717, 1.165) is 0 Å². The molecule has 2 nitrogen and oxygen atoms in total. The summed E-state index contributed by atoms with van der Waals surface area (Å²) in [6, 6.07) is 6.02. The van der Waals surface area contributed by atoms with Gasteiger partial charge in [-0.1, -0.05) is 23.2 Å². The number of carbonyl (C=O) groups excluding carboxylic acids is 1. The fourth-order valence-electron chi connectivity index (χ4n) is 1.53. The van der Waals surface area contributed by atoms with Gasteiger partial charge in [0, 0.05) is 27.4 Å². The summed E-state index contributed by atoms with van der Waals surface area (Å²) in [6.45, 7) is 0. The van der Waals surface area contributed by atoms with Gasteiger partial charge < -0.3 is 0 Å². The van der Waals surface area contributed by atoms with Gasteiger partial charge in [-0.25, -0.2) is 4.98 Å². The second kappa shape index (κ2) is 4.82. The van der Waals surface area contributed by atoms with Crippen molar-refractivity contribution in [2.75, 3.05) is 0 Å². The SMILES string of the molecule is O=Cc1ccnc(F)c1-c1cc(Cl)cc(Cl)c1. The minimum atomic E-state index is -0.729. The molecule has 0 spiro atoms. The second-order valence-corrected chi connectivity index (χ2v) is 4.21. The topological polar surface area (TPSA) is 30.0 Å². The van der Waals surface area contributed by atoms with Gasteiger partial charge >= 0.3 is 0 Å². The molecule has 1 heterocycles. The summed E-state index contributed by atoms with van der Waals surface area (Å²) in [6.07, 6.45) is 1.80. The van der Waals surface area contributed by atoms with Gasteiger partial charge in [-0.2, -0.15) is 4.39 Å². The lowest BCUT2D eigenvalue weighted by molar-refractivity contribution is 0.112. The van der Waals surface area contributed by atoms with Crippen molar-refractivity contribution < 1.29 is 9.18 Å². The zero-order valence-electron chi connectivity index (χ0n) is 8.45. The highest BCUT2D eigenvalue weighted by Gasteiger charge is 2.12. The Morgan fingerprint density at radius 2 is 1.82 bits per heavy atom. The Labute approximate surface area is 107 Å². The Balaban J connectivity index is 2.71. The maximum atomic E-state index is 13.6. The number of hydrogen-bond acceptors (Lipinski definition) is 2. The lowest BCUT2D eigenvalue weighted by atomic mass is 10.0. The van der Waals surface area contributed by atoms with E-state index in [1.54, 1.807) is 0 Å². The molecule has 0 saturated carbocycles. The first-order valence-electron chi connectivity index (χ1n) is 4.68. The monoisotopic (exact) mass is 269 g/mol. The predicted octanol–water partition coefficient (Wildman–Crippen LogP) is 4.01. The normalized spacial score (nSPS) is 10.3. The number of hydrogen-bond donors (Lipinski definition) is 0. The summed E-state index contributed by atoms with van der Waals surface area (Å²) in [5.41, 5.74) is 0.734. The predicted molar refractivity (Wildman–Crippen MR) is 65.0 cm³/mol. The molecular weight excluding hydrogens is 264 g/mol. The molecule has 0 amide bonds. The zero-order valence-corrected chi connectivity index (χ0v) is 9.97. The summed E-state index contributed by atoms with van der Waals surface area (Å²) >= 11 is 11.7. The van der Waals surface area contributed by atoms with Crippen molar-refractivity contribution in [1.29, 1.82) is 0 Å². The Morgan fingerprint density at radius 1 is 1.18 bits per heavy atom. The molecule has 1 aromatic heterocycles.